The Bertz CT molecular complexity index is 247. The minimum atomic E-state index is 0.217. The van der Waals surface area contributed by atoms with Gasteiger partial charge in [0.05, 0.1) is 0 Å². The number of rotatable bonds is 3. The lowest BCUT2D eigenvalue weighted by atomic mass is 9.81. The molecule has 0 aliphatic carbocycles. The lowest BCUT2D eigenvalue weighted by Gasteiger charge is -2.37. The molecule has 0 aromatic heterocycles. The second-order valence-corrected chi connectivity index (χ2v) is 6.44. The van der Waals surface area contributed by atoms with Crippen molar-refractivity contribution < 1.29 is 4.79 Å². The molecule has 16 heavy (non-hydrogen) atoms. The summed E-state index contributed by atoms with van der Waals surface area (Å²) in [5.41, 5.74) is 0.225. The lowest BCUT2D eigenvalue weighted by Crippen LogP contribution is -2.45. The van der Waals surface area contributed by atoms with Gasteiger partial charge in [0.1, 0.15) is 0 Å². The SMILES string of the molecule is CC1CCCN(CC(CS)C(C)(C)C)C1=O. The maximum atomic E-state index is 12.0. The van der Waals surface area contributed by atoms with Crippen LogP contribution in [0.15, 0.2) is 0 Å². The molecule has 1 aliphatic heterocycles. The Morgan fingerprint density at radius 1 is 1.50 bits per heavy atom. The average molecular weight is 243 g/mol. The fourth-order valence-corrected chi connectivity index (χ4v) is 2.85. The standard InChI is InChI=1S/C13H25NOS/c1-10-6-5-7-14(12(10)15)8-11(9-16)13(2,3)4/h10-11,16H,5-9H2,1-4H3. The van der Waals surface area contributed by atoms with Crippen molar-refractivity contribution in [2.45, 2.75) is 40.5 Å². The van der Waals surface area contributed by atoms with Gasteiger partial charge in [-0.15, -0.1) is 0 Å². The predicted octanol–water partition coefficient (Wildman–Crippen LogP) is 2.84. The first kappa shape index (κ1) is 13.9. The second kappa shape index (κ2) is 5.44. The zero-order valence-corrected chi connectivity index (χ0v) is 11.9. The Kier molecular flexibility index (Phi) is 4.72. The minimum Gasteiger partial charge on any atom is -0.342 e. The molecule has 1 amide bonds. The van der Waals surface area contributed by atoms with Gasteiger partial charge in [0, 0.05) is 19.0 Å². The van der Waals surface area contributed by atoms with Gasteiger partial charge in [0.25, 0.3) is 0 Å². The number of thiol groups is 1. The third-order valence-electron chi connectivity index (χ3n) is 3.68. The molecule has 2 unspecified atom stereocenters. The molecule has 0 aromatic rings. The number of hydrogen-bond donors (Lipinski definition) is 1. The molecule has 0 N–H and O–H groups in total. The topological polar surface area (TPSA) is 20.3 Å². The molecule has 2 nitrogen and oxygen atoms in total. The summed E-state index contributed by atoms with van der Waals surface area (Å²) in [6.45, 7) is 10.5. The van der Waals surface area contributed by atoms with Gasteiger partial charge in [-0.2, -0.15) is 12.6 Å². The van der Waals surface area contributed by atoms with E-state index in [2.05, 4.69) is 33.4 Å². The second-order valence-electron chi connectivity index (χ2n) is 6.07. The van der Waals surface area contributed by atoms with Crippen LogP contribution in [0.3, 0.4) is 0 Å². The average Bonchev–Trinajstić information content (AvgIpc) is 2.18. The summed E-state index contributed by atoms with van der Waals surface area (Å²) in [5.74, 6) is 1.88. The van der Waals surface area contributed by atoms with E-state index in [0.29, 0.717) is 11.8 Å². The molecule has 94 valence electrons. The zero-order chi connectivity index (χ0) is 12.3. The van der Waals surface area contributed by atoms with E-state index in [1.807, 2.05) is 11.8 Å². The van der Waals surface area contributed by atoms with Gasteiger partial charge in [0.15, 0.2) is 0 Å². The molecule has 0 saturated carbocycles. The highest BCUT2D eigenvalue weighted by atomic mass is 32.1. The normalized spacial score (nSPS) is 24.7. The predicted molar refractivity (Wildman–Crippen MR) is 71.8 cm³/mol. The van der Waals surface area contributed by atoms with Crippen LogP contribution in [0, 0.1) is 17.3 Å². The van der Waals surface area contributed by atoms with E-state index in [4.69, 9.17) is 0 Å². The van der Waals surface area contributed by atoms with E-state index in [1.165, 1.54) is 0 Å². The monoisotopic (exact) mass is 243 g/mol. The molecule has 1 aliphatic rings. The van der Waals surface area contributed by atoms with Gasteiger partial charge in [-0.05, 0) is 29.9 Å². The van der Waals surface area contributed by atoms with E-state index in [9.17, 15) is 4.79 Å². The van der Waals surface area contributed by atoms with E-state index in [0.717, 1.165) is 31.7 Å². The third-order valence-corrected chi connectivity index (χ3v) is 4.13. The van der Waals surface area contributed by atoms with Crippen LogP contribution in [-0.2, 0) is 4.79 Å². The van der Waals surface area contributed by atoms with E-state index in [-0.39, 0.29) is 11.3 Å². The molecular formula is C13H25NOS. The maximum Gasteiger partial charge on any atom is 0.225 e. The first-order valence-corrected chi connectivity index (χ1v) is 6.89. The summed E-state index contributed by atoms with van der Waals surface area (Å²) in [6, 6.07) is 0. The van der Waals surface area contributed by atoms with Gasteiger partial charge in [0.2, 0.25) is 5.91 Å². The first-order chi connectivity index (χ1) is 7.36. The van der Waals surface area contributed by atoms with Crippen LogP contribution in [0.1, 0.15) is 40.5 Å². The Morgan fingerprint density at radius 3 is 2.62 bits per heavy atom. The molecule has 0 spiro atoms. The number of hydrogen-bond acceptors (Lipinski definition) is 2. The summed E-state index contributed by atoms with van der Waals surface area (Å²) in [4.78, 5) is 14.0. The van der Waals surface area contributed by atoms with Gasteiger partial charge >= 0.3 is 0 Å². The summed E-state index contributed by atoms with van der Waals surface area (Å²) in [7, 11) is 0. The largest absolute Gasteiger partial charge is 0.342 e. The highest BCUT2D eigenvalue weighted by Crippen LogP contribution is 2.29. The maximum absolute atomic E-state index is 12.0. The zero-order valence-electron chi connectivity index (χ0n) is 11.0. The van der Waals surface area contributed by atoms with Crippen LogP contribution in [0.4, 0.5) is 0 Å². The van der Waals surface area contributed by atoms with Gasteiger partial charge in [-0.25, -0.2) is 0 Å². The quantitative estimate of drug-likeness (QED) is 0.756. The number of piperidine rings is 1. The van der Waals surface area contributed by atoms with Crippen molar-refractivity contribution in [1.29, 1.82) is 0 Å². The van der Waals surface area contributed by atoms with Crippen molar-refractivity contribution in [3.63, 3.8) is 0 Å². The number of nitrogens with zero attached hydrogens (tertiary/aromatic N) is 1. The van der Waals surface area contributed by atoms with Crippen molar-refractivity contribution in [2.75, 3.05) is 18.8 Å². The van der Waals surface area contributed by atoms with Crippen molar-refractivity contribution in [2.24, 2.45) is 17.3 Å². The van der Waals surface area contributed by atoms with Crippen molar-refractivity contribution in [1.82, 2.24) is 4.90 Å². The number of amides is 1. The molecule has 1 rings (SSSR count). The minimum absolute atomic E-state index is 0.217. The summed E-state index contributed by atoms with van der Waals surface area (Å²) in [6.07, 6.45) is 2.20. The van der Waals surface area contributed by atoms with Crippen LogP contribution in [0.25, 0.3) is 0 Å². The summed E-state index contributed by atoms with van der Waals surface area (Å²) < 4.78 is 0. The molecule has 0 radical (unpaired) electrons. The van der Waals surface area contributed by atoms with Crippen molar-refractivity contribution >= 4 is 18.5 Å². The highest BCUT2D eigenvalue weighted by molar-refractivity contribution is 7.80. The summed E-state index contributed by atoms with van der Waals surface area (Å²) >= 11 is 4.42. The van der Waals surface area contributed by atoms with Gasteiger partial charge in [-0.1, -0.05) is 27.7 Å². The van der Waals surface area contributed by atoms with Crippen LogP contribution in [0.2, 0.25) is 0 Å². The van der Waals surface area contributed by atoms with E-state index < -0.39 is 0 Å². The third kappa shape index (κ3) is 3.41. The van der Waals surface area contributed by atoms with Gasteiger partial charge in [-0.3, -0.25) is 4.79 Å². The van der Waals surface area contributed by atoms with Crippen molar-refractivity contribution in [3.05, 3.63) is 0 Å². The van der Waals surface area contributed by atoms with E-state index in [1.54, 1.807) is 0 Å². The molecule has 1 fully saturated rings. The Hall–Kier alpha value is -0.180. The van der Waals surface area contributed by atoms with Crippen LogP contribution >= 0.6 is 12.6 Å². The summed E-state index contributed by atoms with van der Waals surface area (Å²) in [5, 5.41) is 0. The van der Waals surface area contributed by atoms with Crippen molar-refractivity contribution in [3.8, 4) is 0 Å². The molecule has 1 heterocycles. The number of likely N-dealkylation sites (tertiary alicyclic amines) is 1. The highest BCUT2D eigenvalue weighted by Gasteiger charge is 2.30. The fraction of sp³-hybridized carbons (Fsp3) is 0.923. The Labute approximate surface area is 105 Å². The van der Waals surface area contributed by atoms with Crippen LogP contribution in [-0.4, -0.2) is 29.6 Å². The fourth-order valence-electron chi connectivity index (χ4n) is 2.19. The smallest absolute Gasteiger partial charge is 0.225 e. The molecule has 0 aromatic carbocycles. The van der Waals surface area contributed by atoms with E-state index >= 15 is 0 Å². The van der Waals surface area contributed by atoms with Crippen LogP contribution < -0.4 is 0 Å². The molecule has 0 bridgehead atoms. The lowest BCUT2D eigenvalue weighted by molar-refractivity contribution is -0.138. The molecular weight excluding hydrogens is 218 g/mol. The molecule has 3 heteroatoms. The first-order valence-electron chi connectivity index (χ1n) is 6.26. The molecule has 2 atom stereocenters. The van der Waals surface area contributed by atoms with Gasteiger partial charge < -0.3 is 4.90 Å². The Morgan fingerprint density at radius 2 is 2.12 bits per heavy atom. The number of carbonyl (C=O) groups is 1. The Balaban J connectivity index is 2.61. The van der Waals surface area contributed by atoms with Crippen LogP contribution in [0.5, 0.6) is 0 Å². The number of carbonyl (C=O) groups excluding carboxylic acids is 1. The molecule has 1 saturated heterocycles.